The molecule has 0 saturated carbocycles. The lowest BCUT2D eigenvalue weighted by molar-refractivity contribution is 0.660. The third kappa shape index (κ3) is 3.67. The van der Waals surface area contributed by atoms with Crippen molar-refractivity contribution in [3.8, 4) is 33.4 Å². The fourth-order valence-electron chi connectivity index (χ4n) is 5.70. The quantitative estimate of drug-likeness (QED) is 0.213. The molecule has 188 valence electrons. The highest BCUT2D eigenvalue weighted by Gasteiger charge is 2.12. The molecule has 0 amide bonds. The Labute approximate surface area is 234 Å². The normalized spacial score (nSPS) is 11.6. The van der Waals surface area contributed by atoms with Crippen LogP contribution in [-0.4, -0.2) is 0 Å². The SMILES string of the molecule is O=c1c2ccccc2oc2cc(-c3cccc(-c4cccc(-c5cccc6c5sc5ccccc56)c4)c3)ccc12. The Bertz CT molecular complexity index is 2300. The molecule has 2 heterocycles. The van der Waals surface area contributed by atoms with Crippen LogP contribution in [0, 0.1) is 0 Å². The van der Waals surface area contributed by atoms with Crippen molar-refractivity contribution in [1.82, 2.24) is 0 Å². The van der Waals surface area contributed by atoms with Gasteiger partial charge in [-0.2, -0.15) is 0 Å². The van der Waals surface area contributed by atoms with Gasteiger partial charge in [-0.15, -0.1) is 11.3 Å². The van der Waals surface area contributed by atoms with E-state index in [0.29, 0.717) is 21.9 Å². The second-order valence-electron chi connectivity index (χ2n) is 10.1. The van der Waals surface area contributed by atoms with Crippen molar-refractivity contribution < 1.29 is 4.42 Å². The third-order valence-corrected chi connectivity index (χ3v) is 8.90. The van der Waals surface area contributed by atoms with Gasteiger partial charge in [0.05, 0.1) is 10.8 Å². The Balaban J connectivity index is 1.22. The summed E-state index contributed by atoms with van der Waals surface area (Å²) in [7, 11) is 0. The number of thiophene rings is 1. The molecule has 0 bridgehead atoms. The first-order valence-electron chi connectivity index (χ1n) is 13.3. The highest BCUT2D eigenvalue weighted by molar-refractivity contribution is 7.26. The molecule has 6 aromatic carbocycles. The van der Waals surface area contributed by atoms with Crippen LogP contribution in [0.15, 0.2) is 143 Å². The molecule has 0 radical (unpaired) electrons. The molecule has 0 unspecified atom stereocenters. The van der Waals surface area contributed by atoms with Gasteiger partial charge < -0.3 is 4.42 Å². The Morgan fingerprint density at radius 2 is 1.05 bits per heavy atom. The maximum atomic E-state index is 13.0. The lowest BCUT2D eigenvalue weighted by atomic mass is 9.95. The van der Waals surface area contributed by atoms with Gasteiger partial charge in [0.15, 0.2) is 0 Å². The average Bonchev–Trinajstić information content (AvgIpc) is 3.40. The molecular formula is C37H22O2S. The van der Waals surface area contributed by atoms with Crippen LogP contribution in [0.2, 0.25) is 0 Å². The summed E-state index contributed by atoms with van der Waals surface area (Å²) in [5, 5.41) is 3.83. The average molecular weight is 531 g/mol. The predicted molar refractivity (Wildman–Crippen MR) is 169 cm³/mol. The monoisotopic (exact) mass is 530 g/mol. The summed E-state index contributed by atoms with van der Waals surface area (Å²) in [6.45, 7) is 0. The van der Waals surface area contributed by atoms with Crippen molar-refractivity contribution in [3.05, 3.63) is 144 Å². The van der Waals surface area contributed by atoms with Crippen molar-refractivity contribution in [2.24, 2.45) is 0 Å². The minimum atomic E-state index is 0.00243. The molecular weight excluding hydrogens is 508 g/mol. The molecule has 8 rings (SSSR count). The Kier molecular flexibility index (Phi) is 5.19. The second-order valence-corrected chi connectivity index (χ2v) is 11.1. The predicted octanol–water partition coefficient (Wildman–Crippen LogP) is 10.3. The zero-order valence-corrected chi connectivity index (χ0v) is 22.2. The molecule has 2 aromatic heterocycles. The van der Waals surface area contributed by atoms with Gasteiger partial charge in [-0.3, -0.25) is 4.79 Å². The lowest BCUT2D eigenvalue weighted by Gasteiger charge is -2.10. The summed E-state index contributed by atoms with van der Waals surface area (Å²) >= 11 is 1.86. The van der Waals surface area contributed by atoms with Crippen molar-refractivity contribution >= 4 is 53.4 Å². The van der Waals surface area contributed by atoms with Gasteiger partial charge in [-0.25, -0.2) is 0 Å². The van der Waals surface area contributed by atoms with Gasteiger partial charge in [0, 0.05) is 20.2 Å². The third-order valence-electron chi connectivity index (χ3n) is 7.68. The van der Waals surface area contributed by atoms with Gasteiger partial charge in [0.1, 0.15) is 11.2 Å². The summed E-state index contributed by atoms with van der Waals surface area (Å²) in [5.74, 6) is 0. The molecule has 8 aromatic rings. The molecule has 0 saturated heterocycles. The van der Waals surface area contributed by atoms with E-state index in [1.807, 2.05) is 53.8 Å². The first-order valence-corrected chi connectivity index (χ1v) is 14.1. The highest BCUT2D eigenvalue weighted by Crippen LogP contribution is 2.40. The first kappa shape index (κ1) is 22.9. The van der Waals surface area contributed by atoms with Gasteiger partial charge in [0.25, 0.3) is 0 Å². The highest BCUT2D eigenvalue weighted by atomic mass is 32.1. The largest absolute Gasteiger partial charge is 0.456 e. The van der Waals surface area contributed by atoms with Crippen LogP contribution in [0.5, 0.6) is 0 Å². The number of hydrogen-bond acceptors (Lipinski definition) is 3. The molecule has 2 nitrogen and oxygen atoms in total. The minimum absolute atomic E-state index is 0.00243. The molecule has 0 aliphatic carbocycles. The Morgan fingerprint density at radius 3 is 1.88 bits per heavy atom. The fourth-order valence-corrected chi connectivity index (χ4v) is 6.94. The Hall–Kier alpha value is -4.99. The van der Waals surface area contributed by atoms with E-state index in [0.717, 1.165) is 22.3 Å². The van der Waals surface area contributed by atoms with Gasteiger partial charge in [-0.05, 0) is 75.8 Å². The molecule has 40 heavy (non-hydrogen) atoms. The summed E-state index contributed by atoms with van der Waals surface area (Å²) in [5.41, 5.74) is 8.07. The summed E-state index contributed by atoms with van der Waals surface area (Å²) in [4.78, 5) is 13.0. The Morgan fingerprint density at radius 1 is 0.450 bits per heavy atom. The number of fused-ring (bicyclic) bond motifs is 5. The molecule has 0 aliphatic rings. The standard InChI is InChI=1S/C37H22O2S/c38-36-31-13-1-3-16-33(31)39-34-22-26(18-19-32(34)36)24-9-5-8-23(20-24)25-10-6-11-27(21-25)28-14-7-15-30-29-12-2-4-17-35(29)40-37(28)30/h1-22H. The summed E-state index contributed by atoms with van der Waals surface area (Å²) in [6, 6.07) is 45.8. The van der Waals surface area contributed by atoms with E-state index in [-0.39, 0.29) is 5.43 Å². The molecule has 0 spiro atoms. The van der Waals surface area contributed by atoms with E-state index < -0.39 is 0 Å². The van der Waals surface area contributed by atoms with E-state index in [9.17, 15) is 4.79 Å². The van der Waals surface area contributed by atoms with Crippen molar-refractivity contribution in [3.63, 3.8) is 0 Å². The van der Waals surface area contributed by atoms with E-state index in [4.69, 9.17) is 4.42 Å². The van der Waals surface area contributed by atoms with Crippen LogP contribution in [0.25, 0.3) is 75.5 Å². The maximum Gasteiger partial charge on any atom is 0.200 e. The zero-order valence-electron chi connectivity index (χ0n) is 21.4. The van der Waals surface area contributed by atoms with Crippen molar-refractivity contribution in [2.75, 3.05) is 0 Å². The van der Waals surface area contributed by atoms with E-state index in [1.54, 1.807) is 0 Å². The van der Waals surface area contributed by atoms with Crippen molar-refractivity contribution in [1.29, 1.82) is 0 Å². The number of hydrogen-bond donors (Lipinski definition) is 0. The summed E-state index contributed by atoms with van der Waals surface area (Å²) in [6.07, 6.45) is 0. The molecule has 3 heteroatoms. The smallest absolute Gasteiger partial charge is 0.200 e. The second kappa shape index (κ2) is 9.04. The number of para-hydroxylation sites is 1. The van der Waals surface area contributed by atoms with Gasteiger partial charge >= 0.3 is 0 Å². The van der Waals surface area contributed by atoms with Crippen LogP contribution in [0.1, 0.15) is 0 Å². The van der Waals surface area contributed by atoms with E-state index >= 15 is 0 Å². The molecule has 0 fully saturated rings. The first-order chi connectivity index (χ1) is 19.7. The van der Waals surface area contributed by atoms with Crippen LogP contribution < -0.4 is 5.43 Å². The van der Waals surface area contributed by atoms with Crippen LogP contribution in [0.4, 0.5) is 0 Å². The van der Waals surface area contributed by atoms with E-state index in [2.05, 4.69) is 91.0 Å². The summed E-state index contributed by atoms with van der Waals surface area (Å²) < 4.78 is 8.76. The molecule has 0 N–H and O–H groups in total. The van der Waals surface area contributed by atoms with Crippen LogP contribution >= 0.6 is 11.3 Å². The zero-order chi connectivity index (χ0) is 26.6. The topological polar surface area (TPSA) is 30.2 Å². The molecule has 0 aliphatic heterocycles. The lowest BCUT2D eigenvalue weighted by Crippen LogP contribution is -2.01. The van der Waals surface area contributed by atoms with Gasteiger partial charge in [-0.1, -0.05) is 91.0 Å². The number of rotatable bonds is 3. The van der Waals surface area contributed by atoms with Crippen LogP contribution in [-0.2, 0) is 0 Å². The van der Waals surface area contributed by atoms with E-state index in [1.165, 1.54) is 31.3 Å². The molecule has 0 atom stereocenters. The minimum Gasteiger partial charge on any atom is -0.456 e. The van der Waals surface area contributed by atoms with Crippen LogP contribution in [0.3, 0.4) is 0 Å². The van der Waals surface area contributed by atoms with Gasteiger partial charge in [0.2, 0.25) is 5.43 Å². The maximum absolute atomic E-state index is 13.0. The fraction of sp³-hybridized carbons (Fsp3) is 0. The number of benzene rings is 6. The van der Waals surface area contributed by atoms with Crippen molar-refractivity contribution in [2.45, 2.75) is 0 Å².